The van der Waals surface area contributed by atoms with Gasteiger partial charge in [0.25, 0.3) is 5.91 Å². The molecule has 4 rings (SSSR count). The topological polar surface area (TPSA) is 70.6 Å². The van der Waals surface area contributed by atoms with Crippen molar-refractivity contribution in [2.75, 3.05) is 43.0 Å². The van der Waals surface area contributed by atoms with Crippen molar-refractivity contribution in [3.05, 3.63) is 48.2 Å². The Balaban J connectivity index is 1.31. The molecule has 2 saturated heterocycles. The van der Waals surface area contributed by atoms with Crippen LogP contribution in [0.2, 0.25) is 0 Å². The van der Waals surface area contributed by atoms with E-state index in [0.717, 1.165) is 57.1 Å². The number of rotatable bonds is 4. The molecule has 2 aliphatic rings. The van der Waals surface area contributed by atoms with Crippen molar-refractivity contribution >= 4 is 17.4 Å². The Morgan fingerprint density at radius 3 is 2.54 bits per heavy atom. The highest BCUT2D eigenvalue weighted by Gasteiger charge is 2.28. The maximum Gasteiger partial charge on any atom is 0.276 e. The molecule has 7 nitrogen and oxygen atoms in total. The van der Waals surface area contributed by atoms with Crippen LogP contribution in [0.5, 0.6) is 0 Å². The van der Waals surface area contributed by atoms with Crippen LogP contribution in [0, 0.1) is 0 Å². The van der Waals surface area contributed by atoms with E-state index in [9.17, 15) is 4.79 Å². The van der Waals surface area contributed by atoms with Gasteiger partial charge < -0.3 is 15.0 Å². The van der Waals surface area contributed by atoms with E-state index in [2.05, 4.69) is 32.2 Å². The molecule has 1 aromatic carbocycles. The molecule has 7 heteroatoms. The van der Waals surface area contributed by atoms with Gasteiger partial charge in [-0.2, -0.15) is 0 Å². The first-order valence-corrected chi connectivity index (χ1v) is 10.00. The molecule has 2 fully saturated rings. The zero-order chi connectivity index (χ0) is 19.3. The van der Waals surface area contributed by atoms with E-state index in [4.69, 9.17) is 4.74 Å². The average molecular weight is 381 g/mol. The van der Waals surface area contributed by atoms with E-state index in [1.54, 1.807) is 6.07 Å². The first-order chi connectivity index (χ1) is 13.7. The van der Waals surface area contributed by atoms with Gasteiger partial charge in [0.1, 0.15) is 0 Å². The summed E-state index contributed by atoms with van der Waals surface area (Å²) in [4.78, 5) is 17.1. The van der Waals surface area contributed by atoms with Crippen LogP contribution in [0.1, 0.15) is 30.3 Å². The number of anilines is 2. The smallest absolute Gasteiger partial charge is 0.276 e. The number of nitrogens with one attached hydrogen (secondary N) is 1. The van der Waals surface area contributed by atoms with Gasteiger partial charge in [0.05, 0.1) is 12.7 Å². The van der Waals surface area contributed by atoms with Crippen molar-refractivity contribution in [3.8, 4) is 0 Å². The number of ether oxygens (including phenoxy) is 1. The summed E-state index contributed by atoms with van der Waals surface area (Å²) in [5.41, 5.74) is 1.07. The van der Waals surface area contributed by atoms with Crippen molar-refractivity contribution in [1.82, 2.24) is 15.1 Å². The van der Waals surface area contributed by atoms with E-state index in [1.165, 1.54) is 0 Å². The molecule has 0 saturated carbocycles. The summed E-state index contributed by atoms with van der Waals surface area (Å²) in [6.07, 6.45) is 2.56. The minimum absolute atomic E-state index is 0.245. The largest absolute Gasteiger partial charge is 0.376 e. The molecule has 2 aromatic rings. The van der Waals surface area contributed by atoms with Crippen LogP contribution in [0.3, 0.4) is 0 Å². The lowest BCUT2D eigenvalue weighted by Crippen LogP contribution is -2.51. The molecule has 0 radical (unpaired) electrons. The van der Waals surface area contributed by atoms with Gasteiger partial charge in [-0.3, -0.25) is 9.69 Å². The lowest BCUT2D eigenvalue weighted by atomic mass is 10.0. The van der Waals surface area contributed by atoms with Crippen molar-refractivity contribution in [2.24, 2.45) is 0 Å². The van der Waals surface area contributed by atoms with Gasteiger partial charge in [0.15, 0.2) is 11.5 Å². The number of hydrogen-bond donors (Lipinski definition) is 1. The second-order valence-electron chi connectivity index (χ2n) is 7.49. The Morgan fingerprint density at radius 2 is 1.86 bits per heavy atom. The zero-order valence-electron chi connectivity index (χ0n) is 16.3. The third-order valence-corrected chi connectivity index (χ3v) is 5.49. The summed E-state index contributed by atoms with van der Waals surface area (Å²) in [5.74, 6) is 0.593. The third-order valence-electron chi connectivity index (χ3n) is 5.49. The van der Waals surface area contributed by atoms with Crippen LogP contribution in [-0.4, -0.2) is 65.9 Å². The second kappa shape index (κ2) is 8.67. The number of piperidine rings is 1. The minimum Gasteiger partial charge on any atom is -0.376 e. The number of hydrogen-bond acceptors (Lipinski definition) is 6. The predicted octanol–water partition coefficient (Wildman–Crippen LogP) is 2.42. The lowest BCUT2D eigenvalue weighted by molar-refractivity contribution is -0.0373. The minimum atomic E-state index is -0.245. The quantitative estimate of drug-likeness (QED) is 0.877. The molecule has 0 spiro atoms. The molecule has 2 aliphatic heterocycles. The van der Waals surface area contributed by atoms with E-state index in [-0.39, 0.29) is 5.91 Å². The van der Waals surface area contributed by atoms with Gasteiger partial charge in [-0.25, -0.2) is 0 Å². The summed E-state index contributed by atoms with van der Waals surface area (Å²) < 4.78 is 5.65. The molecule has 1 amide bonds. The molecule has 3 heterocycles. The SMILES string of the molecule is CC1CN(C2CCN(c3ccc(C(=O)Nc4ccccc4)nn3)CC2)CCO1. The zero-order valence-corrected chi connectivity index (χ0v) is 16.3. The highest BCUT2D eigenvalue weighted by Crippen LogP contribution is 2.22. The summed E-state index contributed by atoms with van der Waals surface area (Å²) in [6.45, 7) is 6.95. The van der Waals surface area contributed by atoms with Crippen molar-refractivity contribution in [1.29, 1.82) is 0 Å². The van der Waals surface area contributed by atoms with Crippen LogP contribution in [0.15, 0.2) is 42.5 Å². The van der Waals surface area contributed by atoms with Gasteiger partial charge in [-0.15, -0.1) is 10.2 Å². The number of aromatic nitrogens is 2. The molecule has 0 aliphatic carbocycles. The first kappa shape index (κ1) is 18.8. The highest BCUT2D eigenvalue weighted by molar-refractivity contribution is 6.02. The van der Waals surface area contributed by atoms with Gasteiger partial charge in [0, 0.05) is 37.9 Å². The number of carbonyl (C=O) groups excluding carboxylic acids is 1. The van der Waals surface area contributed by atoms with Gasteiger partial charge in [-0.05, 0) is 44.0 Å². The fourth-order valence-electron chi connectivity index (χ4n) is 3.97. The predicted molar refractivity (Wildman–Crippen MR) is 109 cm³/mol. The molecule has 28 heavy (non-hydrogen) atoms. The number of morpholine rings is 1. The Hall–Kier alpha value is -2.51. The van der Waals surface area contributed by atoms with Crippen LogP contribution in [-0.2, 0) is 4.74 Å². The third kappa shape index (κ3) is 4.48. The fourth-order valence-corrected chi connectivity index (χ4v) is 3.97. The van der Waals surface area contributed by atoms with Crippen LogP contribution in [0.4, 0.5) is 11.5 Å². The monoisotopic (exact) mass is 381 g/mol. The number of carbonyl (C=O) groups is 1. The van der Waals surface area contributed by atoms with Gasteiger partial charge in [-0.1, -0.05) is 18.2 Å². The Labute approximate surface area is 165 Å². The Kier molecular flexibility index (Phi) is 5.83. The highest BCUT2D eigenvalue weighted by atomic mass is 16.5. The molecule has 1 aromatic heterocycles. The Morgan fingerprint density at radius 1 is 1.07 bits per heavy atom. The van der Waals surface area contributed by atoms with Crippen LogP contribution >= 0.6 is 0 Å². The van der Waals surface area contributed by atoms with E-state index in [1.807, 2.05) is 36.4 Å². The number of amides is 1. The Bertz CT molecular complexity index is 775. The van der Waals surface area contributed by atoms with Crippen molar-refractivity contribution in [2.45, 2.75) is 31.9 Å². The fraction of sp³-hybridized carbons (Fsp3) is 0.476. The maximum absolute atomic E-state index is 12.3. The van der Waals surface area contributed by atoms with Crippen LogP contribution in [0.25, 0.3) is 0 Å². The first-order valence-electron chi connectivity index (χ1n) is 10.00. The van der Waals surface area contributed by atoms with Crippen molar-refractivity contribution in [3.63, 3.8) is 0 Å². The standard InChI is InChI=1S/C21H27N5O2/c1-16-15-26(13-14-28-16)18-9-11-25(12-10-18)20-8-7-19(23-24-20)21(27)22-17-5-3-2-4-6-17/h2-8,16,18H,9-15H2,1H3,(H,22,27). The summed E-state index contributed by atoms with van der Waals surface area (Å²) >= 11 is 0. The van der Waals surface area contributed by atoms with E-state index in [0.29, 0.717) is 17.8 Å². The molecular weight excluding hydrogens is 354 g/mol. The molecule has 1 N–H and O–H groups in total. The molecule has 1 unspecified atom stereocenters. The number of para-hydroxylation sites is 1. The van der Waals surface area contributed by atoms with Crippen LogP contribution < -0.4 is 10.2 Å². The number of benzene rings is 1. The van der Waals surface area contributed by atoms with E-state index < -0.39 is 0 Å². The average Bonchev–Trinajstić information content (AvgIpc) is 2.75. The maximum atomic E-state index is 12.3. The molecule has 1 atom stereocenters. The van der Waals surface area contributed by atoms with E-state index >= 15 is 0 Å². The lowest BCUT2D eigenvalue weighted by Gasteiger charge is -2.41. The van der Waals surface area contributed by atoms with Crippen molar-refractivity contribution < 1.29 is 9.53 Å². The van der Waals surface area contributed by atoms with Gasteiger partial charge in [0.2, 0.25) is 0 Å². The normalized spacial score (nSPS) is 21.5. The summed E-state index contributed by atoms with van der Waals surface area (Å²) in [6, 6.07) is 13.6. The molecule has 148 valence electrons. The molecule has 0 bridgehead atoms. The number of nitrogens with zero attached hydrogens (tertiary/aromatic N) is 4. The molecular formula is C21H27N5O2. The van der Waals surface area contributed by atoms with Gasteiger partial charge >= 0.3 is 0 Å². The summed E-state index contributed by atoms with van der Waals surface area (Å²) in [7, 11) is 0. The summed E-state index contributed by atoms with van der Waals surface area (Å²) in [5, 5.41) is 11.3. The second-order valence-corrected chi connectivity index (χ2v) is 7.49.